The van der Waals surface area contributed by atoms with Crippen LogP contribution in [0, 0.1) is 19.7 Å². The fourth-order valence-corrected chi connectivity index (χ4v) is 2.09. The Balaban J connectivity index is 2.09. The quantitative estimate of drug-likeness (QED) is 0.904. The fourth-order valence-electron chi connectivity index (χ4n) is 2.09. The number of nitrogens with one attached hydrogen (secondary N) is 2. The van der Waals surface area contributed by atoms with Crippen LogP contribution in [0.4, 0.5) is 10.1 Å². The molecule has 2 rings (SSSR count). The van der Waals surface area contributed by atoms with Crippen molar-refractivity contribution >= 4 is 11.6 Å². The summed E-state index contributed by atoms with van der Waals surface area (Å²) in [7, 11) is 1.61. The molecule has 0 aromatic heterocycles. The Hall–Kier alpha value is -2.36. The number of anilines is 1. The van der Waals surface area contributed by atoms with Crippen LogP contribution in [0.3, 0.4) is 0 Å². The molecule has 0 aliphatic rings. The average molecular weight is 286 g/mol. The fraction of sp³-hybridized carbons (Fsp3) is 0.235. The molecular weight excluding hydrogens is 267 g/mol. The van der Waals surface area contributed by atoms with Crippen molar-refractivity contribution < 1.29 is 9.18 Å². The normalized spacial score (nSPS) is 10.3. The summed E-state index contributed by atoms with van der Waals surface area (Å²) in [6.45, 7) is 4.22. The van der Waals surface area contributed by atoms with E-state index >= 15 is 0 Å². The average Bonchev–Trinajstić information content (AvgIpc) is 2.48. The molecule has 0 spiro atoms. The highest BCUT2D eigenvalue weighted by molar-refractivity contribution is 5.94. The molecule has 4 heteroatoms. The smallest absolute Gasteiger partial charge is 0.251 e. The molecule has 2 aromatic rings. The lowest BCUT2D eigenvalue weighted by Crippen LogP contribution is -2.17. The SMILES string of the molecule is CNC(=O)c1ccc(NCc2ccc(C)c(F)c2)c(C)c1. The van der Waals surface area contributed by atoms with Crippen LogP contribution in [0.15, 0.2) is 36.4 Å². The second-order valence-electron chi connectivity index (χ2n) is 5.05. The van der Waals surface area contributed by atoms with Crippen LogP contribution < -0.4 is 10.6 Å². The topological polar surface area (TPSA) is 41.1 Å². The van der Waals surface area contributed by atoms with Gasteiger partial charge in [-0.15, -0.1) is 0 Å². The van der Waals surface area contributed by atoms with Gasteiger partial charge >= 0.3 is 0 Å². The Bertz CT molecular complexity index is 668. The first-order valence-electron chi connectivity index (χ1n) is 6.83. The maximum Gasteiger partial charge on any atom is 0.251 e. The van der Waals surface area contributed by atoms with Gasteiger partial charge in [0.2, 0.25) is 0 Å². The van der Waals surface area contributed by atoms with E-state index in [4.69, 9.17) is 0 Å². The van der Waals surface area contributed by atoms with Crippen molar-refractivity contribution in [1.29, 1.82) is 0 Å². The van der Waals surface area contributed by atoms with E-state index in [1.807, 2.05) is 25.1 Å². The first-order valence-corrected chi connectivity index (χ1v) is 6.83. The second-order valence-corrected chi connectivity index (χ2v) is 5.05. The van der Waals surface area contributed by atoms with E-state index in [0.717, 1.165) is 16.8 Å². The van der Waals surface area contributed by atoms with Crippen LogP contribution >= 0.6 is 0 Å². The summed E-state index contributed by atoms with van der Waals surface area (Å²) in [5, 5.41) is 5.86. The number of benzene rings is 2. The van der Waals surface area contributed by atoms with E-state index in [-0.39, 0.29) is 11.7 Å². The van der Waals surface area contributed by atoms with Crippen LogP contribution in [0.5, 0.6) is 0 Å². The zero-order valence-electron chi connectivity index (χ0n) is 12.5. The molecule has 0 unspecified atom stereocenters. The van der Waals surface area contributed by atoms with Gasteiger partial charge in [-0.2, -0.15) is 0 Å². The molecule has 0 aliphatic carbocycles. The minimum atomic E-state index is -0.194. The zero-order chi connectivity index (χ0) is 15.4. The van der Waals surface area contributed by atoms with Gasteiger partial charge in [0.25, 0.3) is 5.91 Å². The monoisotopic (exact) mass is 286 g/mol. The Morgan fingerprint density at radius 2 is 1.86 bits per heavy atom. The third-order valence-electron chi connectivity index (χ3n) is 3.43. The number of amides is 1. The molecule has 0 bridgehead atoms. The van der Waals surface area contributed by atoms with Crippen LogP contribution in [-0.4, -0.2) is 13.0 Å². The van der Waals surface area contributed by atoms with E-state index in [2.05, 4.69) is 10.6 Å². The minimum Gasteiger partial charge on any atom is -0.381 e. The number of carbonyl (C=O) groups excluding carboxylic acids is 1. The van der Waals surface area contributed by atoms with Crippen molar-refractivity contribution in [3.63, 3.8) is 0 Å². The Labute approximate surface area is 124 Å². The van der Waals surface area contributed by atoms with Gasteiger partial charge in [0.15, 0.2) is 0 Å². The number of carbonyl (C=O) groups is 1. The Morgan fingerprint density at radius 3 is 2.48 bits per heavy atom. The highest BCUT2D eigenvalue weighted by Crippen LogP contribution is 2.18. The lowest BCUT2D eigenvalue weighted by Gasteiger charge is -2.11. The van der Waals surface area contributed by atoms with Crippen molar-refractivity contribution in [2.75, 3.05) is 12.4 Å². The minimum absolute atomic E-state index is 0.106. The van der Waals surface area contributed by atoms with Gasteiger partial charge in [0, 0.05) is 24.8 Å². The summed E-state index contributed by atoms with van der Waals surface area (Å²) in [5.41, 5.74) is 4.06. The first kappa shape index (κ1) is 15.0. The molecule has 1 amide bonds. The molecule has 2 N–H and O–H groups in total. The Morgan fingerprint density at radius 1 is 1.10 bits per heavy atom. The molecule has 3 nitrogen and oxygen atoms in total. The summed E-state index contributed by atoms with van der Waals surface area (Å²) >= 11 is 0. The predicted molar refractivity (Wildman–Crippen MR) is 83.0 cm³/mol. The third kappa shape index (κ3) is 3.60. The highest BCUT2D eigenvalue weighted by Gasteiger charge is 2.06. The molecule has 0 aliphatic heterocycles. The molecule has 0 saturated carbocycles. The van der Waals surface area contributed by atoms with Crippen LogP contribution in [0.2, 0.25) is 0 Å². The number of halogens is 1. The molecular formula is C17H19FN2O. The Kier molecular flexibility index (Phi) is 4.58. The van der Waals surface area contributed by atoms with Gasteiger partial charge in [0.05, 0.1) is 0 Å². The van der Waals surface area contributed by atoms with Crippen molar-refractivity contribution in [3.05, 3.63) is 64.5 Å². The van der Waals surface area contributed by atoms with Crippen molar-refractivity contribution in [3.8, 4) is 0 Å². The van der Waals surface area contributed by atoms with E-state index in [1.54, 1.807) is 26.1 Å². The maximum absolute atomic E-state index is 13.5. The van der Waals surface area contributed by atoms with E-state index in [0.29, 0.717) is 17.7 Å². The number of hydrogen-bond donors (Lipinski definition) is 2. The third-order valence-corrected chi connectivity index (χ3v) is 3.43. The lowest BCUT2D eigenvalue weighted by molar-refractivity contribution is 0.0963. The number of hydrogen-bond acceptors (Lipinski definition) is 2. The molecule has 0 atom stereocenters. The second kappa shape index (κ2) is 6.39. The van der Waals surface area contributed by atoms with Crippen LogP contribution in [-0.2, 0) is 6.54 Å². The van der Waals surface area contributed by atoms with E-state index in [9.17, 15) is 9.18 Å². The molecule has 21 heavy (non-hydrogen) atoms. The van der Waals surface area contributed by atoms with Crippen molar-refractivity contribution in [1.82, 2.24) is 5.32 Å². The summed E-state index contributed by atoms with van der Waals surface area (Å²) in [5.74, 6) is -0.300. The van der Waals surface area contributed by atoms with Crippen molar-refractivity contribution in [2.24, 2.45) is 0 Å². The zero-order valence-corrected chi connectivity index (χ0v) is 12.5. The number of aryl methyl sites for hydroxylation is 2. The standard InChI is InChI=1S/C17H19FN2O/c1-11-4-5-13(9-15(11)18)10-20-16-7-6-14(8-12(16)2)17(21)19-3/h4-9,20H,10H2,1-3H3,(H,19,21). The largest absolute Gasteiger partial charge is 0.381 e. The van der Waals surface area contributed by atoms with Gasteiger partial charge in [-0.05, 0) is 54.8 Å². The van der Waals surface area contributed by atoms with Crippen LogP contribution in [0.25, 0.3) is 0 Å². The highest BCUT2D eigenvalue weighted by atomic mass is 19.1. The molecule has 0 saturated heterocycles. The predicted octanol–water partition coefficient (Wildman–Crippen LogP) is 3.41. The molecule has 2 aromatic carbocycles. The van der Waals surface area contributed by atoms with E-state index in [1.165, 1.54) is 6.07 Å². The van der Waals surface area contributed by atoms with Gasteiger partial charge in [0.1, 0.15) is 5.82 Å². The molecule has 0 heterocycles. The number of rotatable bonds is 4. The summed E-state index contributed by atoms with van der Waals surface area (Å²) in [6.07, 6.45) is 0. The lowest BCUT2D eigenvalue weighted by atomic mass is 10.1. The van der Waals surface area contributed by atoms with Crippen molar-refractivity contribution in [2.45, 2.75) is 20.4 Å². The first-order chi connectivity index (χ1) is 10.0. The van der Waals surface area contributed by atoms with Gasteiger partial charge < -0.3 is 10.6 Å². The van der Waals surface area contributed by atoms with Gasteiger partial charge in [-0.25, -0.2) is 4.39 Å². The summed E-state index contributed by atoms with van der Waals surface area (Å²) in [6, 6.07) is 10.7. The summed E-state index contributed by atoms with van der Waals surface area (Å²) < 4.78 is 13.5. The van der Waals surface area contributed by atoms with Gasteiger partial charge in [-0.1, -0.05) is 12.1 Å². The van der Waals surface area contributed by atoms with Gasteiger partial charge in [-0.3, -0.25) is 4.79 Å². The van der Waals surface area contributed by atoms with E-state index < -0.39 is 0 Å². The summed E-state index contributed by atoms with van der Waals surface area (Å²) in [4.78, 5) is 11.6. The van der Waals surface area contributed by atoms with Crippen LogP contribution in [0.1, 0.15) is 27.0 Å². The molecule has 110 valence electrons. The maximum atomic E-state index is 13.5. The molecule has 0 radical (unpaired) electrons. The molecule has 0 fully saturated rings.